The predicted octanol–water partition coefficient (Wildman–Crippen LogP) is 4.31. The number of nitrogens with one attached hydrogen (secondary N) is 2. The van der Waals surface area contributed by atoms with E-state index in [-0.39, 0.29) is 24.5 Å². The highest BCUT2D eigenvalue weighted by Gasteiger charge is 2.33. The molecule has 2 N–H and O–H groups in total. The molecule has 2 atom stereocenters. The van der Waals surface area contributed by atoms with E-state index in [0.717, 1.165) is 5.56 Å². The molecule has 0 fully saturated rings. The van der Waals surface area contributed by atoms with Crippen LogP contribution in [0.15, 0.2) is 65.6 Å². The van der Waals surface area contributed by atoms with Crippen molar-refractivity contribution in [2.24, 2.45) is 0 Å². The lowest BCUT2D eigenvalue weighted by atomic mass is 10.1. The zero-order chi connectivity index (χ0) is 30.0. The van der Waals surface area contributed by atoms with Gasteiger partial charge in [-0.1, -0.05) is 48.5 Å². The fourth-order valence-corrected chi connectivity index (χ4v) is 4.36. The van der Waals surface area contributed by atoms with Crippen LogP contribution in [0.3, 0.4) is 0 Å². The number of alkyl carbamates (subject to hydrolysis) is 2. The van der Waals surface area contributed by atoms with E-state index in [0.29, 0.717) is 0 Å². The second kappa shape index (κ2) is 14.1. The van der Waals surface area contributed by atoms with Crippen LogP contribution in [0.4, 0.5) is 9.59 Å². The van der Waals surface area contributed by atoms with Crippen molar-refractivity contribution < 1.29 is 41.2 Å². The van der Waals surface area contributed by atoms with Crippen LogP contribution in [0.25, 0.3) is 0 Å². The van der Waals surface area contributed by atoms with E-state index >= 15 is 0 Å². The minimum Gasteiger partial charge on any atom is -0.458 e. The van der Waals surface area contributed by atoms with Gasteiger partial charge in [-0.05, 0) is 59.2 Å². The maximum atomic E-state index is 13.0. The minimum atomic E-state index is -4.31. The molecule has 0 aliphatic carbocycles. The Morgan fingerprint density at radius 3 is 1.90 bits per heavy atom. The fraction of sp³-hybridized carbons (Fsp3) is 0.464. The molecule has 0 heterocycles. The van der Waals surface area contributed by atoms with Crippen LogP contribution in [-0.4, -0.2) is 56.5 Å². The summed E-state index contributed by atoms with van der Waals surface area (Å²) in [6.07, 6.45) is -3.42. The molecule has 0 bridgehead atoms. The van der Waals surface area contributed by atoms with Gasteiger partial charge in [-0.15, -0.1) is 0 Å². The van der Waals surface area contributed by atoms with Gasteiger partial charge in [0.25, 0.3) is 10.1 Å². The van der Waals surface area contributed by atoms with E-state index in [4.69, 9.17) is 18.4 Å². The second-order valence-electron chi connectivity index (χ2n) is 10.9. The topological polar surface area (TPSA) is 146 Å². The Morgan fingerprint density at radius 1 is 0.800 bits per heavy atom. The molecule has 0 spiro atoms. The molecule has 2 amide bonds. The molecule has 0 radical (unpaired) electrons. The summed E-state index contributed by atoms with van der Waals surface area (Å²) in [5.74, 6) is -0.837. The normalized spacial score (nSPS) is 13.4. The molecule has 0 saturated heterocycles. The van der Waals surface area contributed by atoms with Crippen molar-refractivity contribution in [1.82, 2.24) is 10.6 Å². The molecule has 40 heavy (non-hydrogen) atoms. The molecule has 12 heteroatoms. The van der Waals surface area contributed by atoms with Gasteiger partial charge in [-0.25, -0.2) is 14.4 Å². The van der Waals surface area contributed by atoms with Gasteiger partial charge in [0.1, 0.15) is 23.9 Å². The smallest absolute Gasteiger partial charge is 0.408 e. The van der Waals surface area contributed by atoms with Gasteiger partial charge in [-0.3, -0.25) is 4.18 Å². The van der Waals surface area contributed by atoms with Gasteiger partial charge >= 0.3 is 18.2 Å². The number of hydrogen-bond donors (Lipinski definition) is 2. The summed E-state index contributed by atoms with van der Waals surface area (Å²) in [5.41, 5.74) is -1.01. The van der Waals surface area contributed by atoms with Crippen LogP contribution >= 0.6 is 0 Å². The first-order valence-corrected chi connectivity index (χ1v) is 14.1. The van der Waals surface area contributed by atoms with E-state index in [1.807, 2.05) is 6.07 Å². The Hall–Kier alpha value is -3.64. The van der Waals surface area contributed by atoms with Crippen LogP contribution < -0.4 is 10.6 Å². The van der Waals surface area contributed by atoms with Crippen molar-refractivity contribution in [3.63, 3.8) is 0 Å². The van der Waals surface area contributed by atoms with Crippen LogP contribution in [0.2, 0.25) is 0 Å². The van der Waals surface area contributed by atoms with Crippen LogP contribution in [0.1, 0.15) is 53.5 Å². The van der Waals surface area contributed by atoms with Crippen LogP contribution in [0, 0.1) is 0 Å². The Morgan fingerprint density at radius 2 is 1.35 bits per heavy atom. The highest BCUT2D eigenvalue weighted by atomic mass is 32.2. The Balaban J connectivity index is 2.24. The third kappa shape index (κ3) is 12.5. The van der Waals surface area contributed by atoms with Crippen molar-refractivity contribution in [1.29, 1.82) is 0 Å². The fourth-order valence-electron chi connectivity index (χ4n) is 3.25. The van der Waals surface area contributed by atoms with Crippen molar-refractivity contribution >= 4 is 28.3 Å². The number of carbonyl (C=O) groups is 3. The molecule has 0 aliphatic heterocycles. The molecule has 0 aliphatic rings. The van der Waals surface area contributed by atoms with Gasteiger partial charge in [0.15, 0.2) is 0 Å². The molecule has 0 unspecified atom stereocenters. The molecule has 2 rings (SSSR count). The van der Waals surface area contributed by atoms with Crippen molar-refractivity contribution in [3.8, 4) is 0 Å². The standard InChI is InChI=1S/C28H38N2O9S/c1-27(2,3)37-24(31)23(30-26(33)38-28(4,5)6)17-21(39-40(34,35)22-15-11-8-12-16-22)18-29-25(32)36-19-20-13-9-7-10-14-20/h7-16,21,23H,17-19H2,1-6H3,(H,29,32)(H,30,33)/t21-,23+/m1/s1. The summed E-state index contributed by atoms with van der Waals surface area (Å²) in [4.78, 5) is 37.8. The summed E-state index contributed by atoms with van der Waals surface area (Å²) >= 11 is 0. The minimum absolute atomic E-state index is 0.0127. The first-order valence-electron chi connectivity index (χ1n) is 12.7. The highest BCUT2D eigenvalue weighted by molar-refractivity contribution is 7.86. The van der Waals surface area contributed by atoms with E-state index in [9.17, 15) is 22.8 Å². The first-order chi connectivity index (χ1) is 18.5. The van der Waals surface area contributed by atoms with Gasteiger partial charge in [0.2, 0.25) is 0 Å². The number of benzene rings is 2. The lowest BCUT2D eigenvalue weighted by Crippen LogP contribution is -2.49. The van der Waals surface area contributed by atoms with E-state index < -0.39 is 51.6 Å². The molecule has 220 valence electrons. The Kier molecular flexibility index (Phi) is 11.5. The monoisotopic (exact) mass is 578 g/mol. The first kappa shape index (κ1) is 32.6. The Bertz CT molecular complexity index is 1220. The number of amides is 2. The van der Waals surface area contributed by atoms with Gasteiger partial charge in [-0.2, -0.15) is 8.42 Å². The maximum Gasteiger partial charge on any atom is 0.408 e. The number of hydrogen-bond acceptors (Lipinski definition) is 9. The molecule has 0 saturated carbocycles. The van der Waals surface area contributed by atoms with Gasteiger partial charge < -0.3 is 24.8 Å². The third-order valence-corrected chi connectivity index (χ3v) is 6.24. The average Bonchev–Trinajstić information content (AvgIpc) is 2.84. The molecular formula is C28H38N2O9S. The lowest BCUT2D eigenvalue weighted by molar-refractivity contribution is -0.158. The number of ether oxygens (including phenoxy) is 3. The third-order valence-electron chi connectivity index (χ3n) is 4.86. The SMILES string of the molecule is CC(C)(C)OC(=O)N[C@@H](C[C@H](CNC(=O)OCc1ccccc1)OS(=O)(=O)c1ccccc1)C(=O)OC(C)(C)C. The van der Waals surface area contributed by atoms with E-state index in [1.54, 1.807) is 71.9 Å². The zero-order valence-corrected chi connectivity index (χ0v) is 24.4. The molecule has 11 nitrogen and oxygen atoms in total. The molecular weight excluding hydrogens is 540 g/mol. The zero-order valence-electron chi connectivity index (χ0n) is 23.6. The predicted molar refractivity (Wildman–Crippen MR) is 147 cm³/mol. The van der Waals surface area contributed by atoms with Gasteiger partial charge in [0, 0.05) is 13.0 Å². The van der Waals surface area contributed by atoms with E-state index in [2.05, 4.69) is 10.6 Å². The second-order valence-corrected chi connectivity index (χ2v) is 12.5. The van der Waals surface area contributed by atoms with Crippen molar-refractivity contribution in [2.75, 3.05) is 6.54 Å². The molecule has 2 aromatic rings. The Labute approximate surface area is 235 Å². The summed E-state index contributed by atoms with van der Waals surface area (Å²) < 4.78 is 47.3. The van der Waals surface area contributed by atoms with Crippen molar-refractivity contribution in [3.05, 3.63) is 66.2 Å². The summed E-state index contributed by atoms with van der Waals surface area (Å²) in [5, 5.41) is 4.90. The van der Waals surface area contributed by atoms with Gasteiger partial charge in [0.05, 0.1) is 11.0 Å². The average molecular weight is 579 g/mol. The van der Waals surface area contributed by atoms with Crippen molar-refractivity contribution in [2.45, 2.75) is 82.8 Å². The lowest BCUT2D eigenvalue weighted by Gasteiger charge is -2.28. The summed E-state index contributed by atoms with van der Waals surface area (Å²) in [7, 11) is -4.31. The summed E-state index contributed by atoms with van der Waals surface area (Å²) in [6, 6.07) is 15.0. The number of esters is 1. The van der Waals surface area contributed by atoms with Crippen LogP contribution in [-0.2, 0) is 39.9 Å². The molecule has 2 aromatic carbocycles. The number of rotatable bonds is 11. The maximum absolute atomic E-state index is 13.0. The highest BCUT2D eigenvalue weighted by Crippen LogP contribution is 2.18. The molecule has 0 aromatic heterocycles. The largest absolute Gasteiger partial charge is 0.458 e. The summed E-state index contributed by atoms with van der Waals surface area (Å²) in [6.45, 7) is 9.51. The number of carbonyl (C=O) groups excluding carboxylic acids is 3. The van der Waals surface area contributed by atoms with E-state index in [1.165, 1.54) is 24.3 Å². The quantitative estimate of drug-likeness (QED) is 0.226. The van der Waals surface area contributed by atoms with Crippen LogP contribution in [0.5, 0.6) is 0 Å².